The summed E-state index contributed by atoms with van der Waals surface area (Å²) in [6, 6.07) is 5.37. The number of hydrogen-bond donors (Lipinski definition) is 1. The Balaban J connectivity index is 1.70. The van der Waals surface area contributed by atoms with Crippen molar-refractivity contribution in [2.45, 2.75) is 65.0 Å². The normalized spacial score (nSPS) is 11.7. The van der Waals surface area contributed by atoms with Crippen LogP contribution in [0.25, 0.3) is 0 Å². The average molecular weight is 368 g/mol. The summed E-state index contributed by atoms with van der Waals surface area (Å²) in [6.45, 7) is 4.53. The highest BCUT2D eigenvalue weighted by Gasteiger charge is 2.33. The van der Waals surface area contributed by atoms with Gasteiger partial charge in [0.1, 0.15) is 5.75 Å². The van der Waals surface area contributed by atoms with Crippen LogP contribution in [0.5, 0.6) is 5.75 Å². The summed E-state index contributed by atoms with van der Waals surface area (Å²) < 4.78 is 44.0. The lowest BCUT2D eigenvalue weighted by molar-refractivity contribution is -0.138. The van der Waals surface area contributed by atoms with Crippen LogP contribution in [0.2, 0.25) is 0 Å². The number of hydrogen-bond acceptors (Lipinski definition) is 2. The van der Waals surface area contributed by atoms with Gasteiger partial charge in [-0.25, -0.2) is 0 Å². The SMILES string of the molecule is CCc1n[nH]c(CC)c1CCCCCCOc1ccccc1C(F)(F)F. The molecule has 1 aromatic heterocycles. The summed E-state index contributed by atoms with van der Waals surface area (Å²) in [4.78, 5) is 0. The number of aromatic nitrogens is 2. The second-order valence-corrected chi connectivity index (χ2v) is 6.34. The van der Waals surface area contributed by atoms with E-state index in [1.54, 1.807) is 6.07 Å². The first kappa shape index (κ1) is 20.3. The van der Waals surface area contributed by atoms with Crippen molar-refractivity contribution < 1.29 is 17.9 Å². The van der Waals surface area contributed by atoms with Gasteiger partial charge in [-0.05, 0) is 49.8 Å². The van der Waals surface area contributed by atoms with Crippen LogP contribution >= 0.6 is 0 Å². The molecule has 0 aliphatic heterocycles. The lowest BCUT2D eigenvalue weighted by atomic mass is 10.0. The van der Waals surface area contributed by atoms with Gasteiger partial charge < -0.3 is 4.74 Å². The fourth-order valence-electron chi connectivity index (χ4n) is 3.09. The van der Waals surface area contributed by atoms with Gasteiger partial charge in [-0.15, -0.1) is 0 Å². The number of rotatable bonds is 10. The van der Waals surface area contributed by atoms with Gasteiger partial charge in [-0.1, -0.05) is 38.8 Å². The molecule has 26 heavy (non-hydrogen) atoms. The Labute approximate surface area is 153 Å². The standard InChI is InChI=1S/C20H27F3N2O/c1-3-17-15(18(4-2)25-24-17)11-7-5-6-10-14-26-19-13-9-8-12-16(19)20(21,22)23/h8-9,12-13H,3-7,10-11,14H2,1-2H3,(H,24,25). The van der Waals surface area contributed by atoms with Crippen molar-refractivity contribution in [2.24, 2.45) is 0 Å². The summed E-state index contributed by atoms with van der Waals surface area (Å²) >= 11 is 0. The van der Waals surface area contributed by atoms with Gasteiger partial charge in [0, 0.05) is 5.69 Å². The van der Waals surface area contributed by atoms with E-state index in [4.69, 9.17) is 4.74 Å². The number of ether oxygens (including phenoxy) is 1. The van der Waals surface area contributed by atoms with Crippen LogP contribution in [0.1, 0.15) is 62.0 Å². The Morgan fingerprint density at radius 2 is 1.73 bits per heavy atom. The van der Waals surface area contributed by atoms with Crippen molar-refractivity contribution in [1.82, 2.24) is 10.2 Å². The number of benzene rings is 1. The van der Waals surface area contributed by atoms with Crippen LogP contribution in [0.4, 0.5) is 13.2 Å². The van der Waals surface area contributed by atoms with Crippen molar-refractivity contribution in [3.05, 3.63) is 46.8 Å². The first-order valence-electron chi connectivity index (χ1n) is 9.31. The third-order valence-corrected chi connectivity index (χ3v) is 4.50. The minimum Gasteiger partial charge on any atom is -0.493 e. The van der Waals surface area contributed by atoms with E-state index < -0.39 is 11.7 Å². The van der Waals surface area contributed by atoms with E-state index in [1.165, 1.54) is 23.4 Å². The molecule has 0 spiro atoms. The van der Waals surface area contributed by atoms with Crippen molar-refractivity contribution in [1.29, 1.82) is 0 Å². The highest BCUT2D eigenvalue weighted by Crippen LogP contribution is 2.35. The number of aromatic amines is 1. The Morgan fingerprint density at radius 1 is 1.00 bits per heavy atom. The van der Waals surface area contributed by atoms with Gasteiger partial charge in [0.15, 0.2) is 0 Å². The minimum atomic E-state index is -4.38. The zero-order valence-electron chi connectivity index (χ0n) is 15.5. The summed E-state index contributed by atoms with van der Waals surface area (Å²) in [5.41, 5.74) is 2.99. The molecule has 2 rings (SSSR count). The molecule has 0 aliphatic rings. The van der Waals surface area contributed by atoms with E-state index >= 15 is 0 Å². The first-order valence-corrected chi connectivity index (χ1v) is 9.31. The minimum absolute atomic E-state index is 0.0847. The first-order chi connectivity index (χ1) is 12.5. The molecule has 0 fully saturated rings. The van der Waals surface area contributed by atoms with E-state index in [2.05, 4.69) is 24.0 Å². The van der Waals surface area contributed by atoms with Crippen LogP contribution in [-0.4, -0.2) is 16.8 Å². The lowest BCUT2D eigenvalue weighted by Crippen LogP contribution is -2.09. The van der Waals surface area contributed by atoms with E-state index in [-0.39, 0.29) is 5.75 Å². The second-order valence-electron chi connectivity index (χ2n) is 6.34. The Hall–Kier alpha value is -1.98. The maximum atomic E-state index is 12.9. The van der Waals surface area contributed by atoms with Crippen molar-refractivity contribution >= 4 is 0 Å². The van der Waals surface area contributed by atoms with Gasteiger partial charge in [0.05, 0.1) is 17.9 Å². The summed E-state index contributed by atoms with van der Waals surface area (Å²) in [5.74, 6) is -0.0847. The average Bonchev–Trinajstić information content (AvgIpc) is 3.02. The largest absolute Gasteiger partial charge is 0.493 e. The molecule has 0 bridgehead atoms. The van der Waals surface area contributed by atoms with Gasteiger partial charge >= 0.3 is 6.18 Å². The Kier molecular flexibility index (Phi) is 7.54. The summed E-state index contributed by atoms with van der Waals surface area (Å²) in [7, 11) is 0. The highest BCUT2D eigenvalue weighted by atomic mass is 19.4. The third-order valence-electron chi connectivity index (χ3n) is 4.50. The smallest absolute Gasteiger partial charge is 0.419 e. The van der Waals surface area contributed by atoms with Crippen LogP contribution in [0.3, 0.4) is 0 Å². The van der Waals surface area contributed by atoms with E-state index in [9.17, 15) is 13.2 Å². The van der Waals surface area contributed by atoms with Gasteiger partial charge in [-0.3, -0.25) is 5.10 Å². The molecule has 0 radical (unpaired) electrons. The number of H-pyrrole nitrogens is 1. The topological polar surface area (TPSA) is 37.9 Å². The lowest BCUT2D eigenvalue weighted by Gasteiger charge is -2.13. The molecule has 0 amide bonds. The predicted molar refractivity (Wildman–Crippen MR) is 96.5 cm³/mol. The zero-order chi connectivity index (χ0) is 19.0. The van der Waals surface area contributed by atoms with Gasteiger partial charge in [-0.2, -0.15) is 18.3 Å². The number of nitrogens with one attached hydrogen (secondary N) is 1. The van der Waals surface area contributed by atoms with Crippen molar-refractivity contribution in [3.8, 4) is 5.75 Å². The third kappa shape index (κ3) is 5.51. The van der Waals surface area contributed by atoms with Crippen molar-refractivity contribution in [2.75, 3.05) is 6.61 Å². The van der Waals surface area contributed by atoms with Gasteiger partial charge in [0.25, 0.3) is 0 Å². The maximum absolute atomic E-state index is 12.9. The molecule has 1 N–H and O–H groups in total. The van der Waals surface area contributed by atoms with Crippen LogP contribution in [0.15, 0.2) is 24.3 Å². The van der Waals surface area contributed by atoms with Crippen LogP contribution < -0.4 is 4.74 Å². The molecule has 0 saturated carbocycles. The quantitative estimate of drug-likeness (QED) is 0.543. The molecular weight excluding hydrogens is 341 g/mol. The molecule has 1 aromatic carbocycles. The number of para-hydroxylation sites is 1. The Morgan fingerprint density at radius 3 is 2.42 bits per heavy atom. The van der Waals surface area contributed by atoms with E-state index in [1.807, 2.05) is 0 Å². The fourth-order valence-corrected chi connectivity index (χ4v) is 3.09. The monoisotopic (exact) mass is 368 g/mol. The molecule has 1 heterocycles. The summed E-state index contributed by atoms with van der Waals surface area (Å²) in [5, 5.41) is 7.47. The fraction of sp³-hybridized carbons (Fsp3) is 0.550. The van der Waals surface area contributed by atoms with Gasteiger partial charge in [0.2, 0.25) is 0 Å². The molecule has 6 heteroatoms. The van der Waals surface area contributed by atoms with E-state index in [0.717, 1.165) is 56.7 Å². The molecule has 2 aromatic rings. The molecular formula is C20H27F3N2O. The maximum Gasteiger partial charge on any atom is 0.419 e. The molecule has 3 nitrogen and oxygen atoms in total. The molecule has 0 atom stereocenters. The van der Waals surface area contributed by atoms with Crippen LogP contribution in [-0.2, 0) is 25.4 Å². The molecule has 0 saturated heterocycles. The number of nitrogens with zero attached hydrogens (tertiary/aromatic N) is 1. The number of halogens is 3. The molecule has 144 valence electrons. The number of alkyl halides is 3. The highest BCUT2D eigenvalue weighted by molar-refractivity contribution is 5.35. The second kappa shape index (κ2) is 9.64. The number of unbranched alkanes of at least 4 members (excludes halogenated alkanes) is 3. The Bertz CT molecular complexity index is 658. The van der Waals surface area contributed by atoms with E-state index in [0.29, 0.717) is 6.61 Å². The van der Waals surface area contributed by atoms with Crippen molar-refractivity contribution in [3.63, 3.8) is 0 Å². The zero-order valence-corrected chi connectivity index (χ0v) is 15.5. The molecule has 0 aliphatic carbocycles. The molecule has 0 unspecified atom stereocenters. The van der Waals surface area contributed by atoms with Crippen LogP contribution in [0, 0.1) is 0 Å². The number of aryl methyl sites for hydroxylation is 2. The summed E-state index contributed by atoms with van der Waals surface area (Å²) in [6.07, 6.45) is 2.27. The predicted octanol–water partition coefficient (Wildman–Crippen LogP) is 5.74.